The van der Waals surface area contributed by atoms with E-state index in [-0.39, 0.29) is 22.6 Å². The molecule has 19 heavy (non-hydrogen) atoms. The highest BCUT2D eigenvalue weighted by Gasteiger charge is 2.41. The van der Waals surface area contributed by atoms with Crippen molar-refractivity contribution in [3.05, 3.63) is 38.3 Å². The van der Waals surface area contributed by atoms with E-state index < -0.39 is 0 Å². The van der Waals surface area contributed by atoms with Crippen LogP contribution in [0.5, 0.6) is 0 Å². The van der Waals surface area contributed by atoms with Gasteiger partial charge in [-0.2, -0.15) is 0 Å². The first-order valence-electron chi connectivity index (χ1n) is 6.31. The number of hydrogen-bond acceptors (Lipinski definition) is 4. The SMILES string of the molecule is O=[N+]([O-])c1ccc(Br)cc1CNCC1(CCO)CC1. The monoisotopic (exact) mass is 328 g/mol. The molecule has 1 aromatic carbocycles. The minimum Gasteiger partial charge on any atom is -0.396 e. The third-order valence-electron chi connectivity index (χ3n) is 3.65. The van der Waals surface area contributed by atoms with E-state index in [1.165, 1.54) is 6.07 Å². The number of benzene rings is 1. The van der Waals surface area contributed by atoms with E-state index in [9.17, 15) is 10.1 Å². The molecule has 2 rings (SSSR count). The molecule has 1 aliphatic rings. The summed E-state index contributed by atoms with van der Waals surface area (Å²) in [5.74, 6) is 0. The topological polar surface area (TPSA) is 75.4 Å². The lowest BCUT2D eigenvalue weighted by molar-refractivity contribution is -0.385. The molecule has 1 aromatic rings. The maximum Gasteiger partial charge on any atom is 0.273 e. The second-order valence-corrected chi connectivity index (χ2v) is 6.02. The van der Waals surface area contributed by atoms with Gasteiger partial charge in [-0.15, -0.1) is 0 Å². The Morgan fingerprint density at radius 1 is 1.47 bits per heavy atom. The molecule has 0 atom stereocenters. The van der Waals surface area contributed by atoms with Gasteiger partial charge in [-0.3, -0.25) is 10.1 Å². The second-order valence-electron chi connectivity index (χ2n) is 5.11. The van der Waals surface area contributed by atoms with Crippen LogP contribution in [0.3, 0.4) is 0 Å². The number of nitro groups is 1. The second kappa shape index (κ2) is 5.98. The summed E-state index contributed by atoms with van der Waals surface area (Å²) in [5.41, 5.74) is 1.04. The molecule has 2 N–H and O–H groups in total. The number of rotatable bonds is 7. The van der Waals surface area contributed by atoms with Crippen LogP contribution >= 0.6 is 15.9 Å². The molecule has 1 aliphatic carbocycles. The highest BCUT2D eigenvalue weighted by molar-refractivity contribution is 9.10. The molecule has 0 saturated heterocycles. The molecule has 5 nitrogen and oxygen atoms in total. The molecule has 0 bridgehead atoms. The maximum absolute atomic E-state index is 10.9. The van der Waals surface area contributed by atoms with Gasteiger partial charge in [0.15, 0.2) is 0 Å². The average Bonchev–Trinajstić information content (AvgIpc) is 3.09. The minimum atomic E-state index is -0.357. The number of halogens is 1. The van der Waals surface area contributed by atoms with Gasteiger partial charge < -0.3 is 10.4 Å². The highest BCUT2D eigenvalue weighted by atomic mass is 79.9. The molecule has 0 unspecified atom stereocenters. The van der Waals surface area contributed by atoms with Crippen LogP contribution in [0.1, 0.15) is 24.8 Å². The quantitative estimate of drug-likeness (QED) is 0.596. The van der Waals surface area contributed by atoms with Crippen molar-refractivity contribution in [2.24, 2.45) is 5.41 Å². The Balaban J connectivity index is 1.95. The molecule has 0 aromatic heterocycles. The van der Waals surface area contributed by atoms with Gasteiger partial charge in [-0.25, -0.2) is 0 Å². The van der Waals surface area contributed by atoms with Gasteiger partial charge >= 0.3 is 0 Å². The van der Waals surface area contributed by atoms with E-state index >= 15 is 0 Å². The van der Waals surface area contributed by atoms with Gasteiger partial charge in [0.25, 0.3) is 5.69 Å². The zero-order valence-electron chi connectivity index (χ0n) is 10.6. The summed E-state index contributed by atoms with van der Waals surface area (Å²) in [4.78, 5) is 10.6. The normalized spacial score (nSPS) is 16.3. The fourth-order valence-electron chi connectivity index (χ4n) is 2.27. The van der Waals surface area contributed by atoms with Crippen LogP contribution in [0, 0.1) is 15.5 Å². The molecular weight excluding hydrogens is 312 g/mol. The van der Waals surface area contributed by atoms with E-state index in [0.717, 1.165) is 30.3 Å². The van der Waals surface area contributed by atoms with Gasteiger partial charge in [0, 0.05) is 35.8 Å². The lowest BCUT2D eigenvalue weighted by Crippen LogP contribution is -2.24. The molecule has 6 heteroatoms. The zero-order valence-corrected chi connectivity index (χ0v) is 12.1. The van der Waals surface area contributed by atoms with E-state index in [2.05, 4.69) is 21.2 Å². The minimum absolute atomic E-state index is 0.141. The Morgan fingerprint density at radius 3 is 2.79 bits per heavy atom. The smallest absolute Gasteiger partial charge is 0.273 e. The number of aliphatic hydroxyl groups is 1. The number of nitrogens with zero attached hydrogens (tertiary/aromatic N) is 1. The van der Waals surface area contributed by atoms with E-state index in [4.69, 9.17) is 5.11 Å². The highest BCUT2D eigenvalue weighted by Crippen LogP contribution is 2.47. The predicted octanol–water partition coefficient (Wildman–Crippen LogP) is 2.61. The van der Waals surface area contributed by atoms with Crippen LogP contribution < -0.4 is 5.32 Å². The number of nitro benzene ring substituents is 1. The summed E-state index contributed by atoms with van der Waals surface area (Å²) in [7, 11) is 0. The molecule has 0 aliphatic heterocycles. The molecular formula is C13H17BrN2O3. The molecule has 0 heterocycles. The van der Waals surface area contributed by atoms with Crippen molar-refractivity contribution in [1.29, 1.82) is 0 Å². The van der Waals surface area contributed by atoms with Crippen molar-refractivity contribution in [3.63, 3.8) is 0 Å². The third-order valence-corrected chi connectivity index (χ3v) is 4.15. The Hall–Kier alpha value is -0.980. The summed E-state index contributed by atoms with van der Waals surface area (Å²) in [6.07, 6.45) is 3.06. The predicted molar refractivity (Wildman–Crippen MR) is 75.9 cm³/mol. The average molecular weight is 329 g/mol. The first-order chi connectivity index (χ1) is 9.06. The van der Waals surface area contributed by atoms with Gasteiger partial charge in [-0.05, 0) is 36.8 Å². The lowest BCUT2D eigenvalue weighted by Gasteiger charge is -2.14. The number of aliphatic hydroxyl groups excluding tert-OH is 1. The van der Waals surface area contributed by atoms with E-state index in [1.54, 1.807) is 12.1 Å². The summed E-state index contributed by atoms with van der Waals surface area (Å²) in [5, 5.41) is 23.2. The maximum atomic E-state index is 10.9. The number of nitrogens with one attached hydrogen (secondary N) is 1. The molecule has 104 valence electrons. The van der Waals surface area contributed by atoms with Crippen LogP contribution in [0.15, 0.2) is 22.7 Å². The third kappa shape index (κ3) is 3.75. The fourth-order valence-corrected chi connectivity index (χ4v) is 2.67. The van der Waals surface area contributed by atoms with Crippen molar-refractivity contribution in [2.45, 2.75) is 25.8 Å². The van der Waals surface area contributed by atoms with Crippen LogP contribution in [0.25, 0.3) is 0 Å². The van der Waals surface area contributed by atoms with Gasteiger partial charge in [0.1, 0.15) is 0 Å². The van der Waals surface area contributed by atoms with Gasteiger partial charge in [-0.1, -0.05) is 15.9 Å². The molecule has 1 saturated carbocycles. The Morgan fingerprint density at radius 2 is 2.21 bits per heavy atom. The standard InChI is InChI=1S/C13H17BrN2O3/c14-11-1-2-12(16(18)19)10(7-11)8-15-9-13(3-4-13)5-6-17/h1-2,7,15,17H,3-6,8-9H2. The zero-order chi connectivity index (χ0) is 13.9. The van der Waals surface area contributed by atoms with E-state index in [1.807, 2.05) is 0 Å². The van der Waals surface area contributed by atoms with Crippen LogP contribution in [0.4, 0.5) is 5.69 Å². The lowest BCUT2D eigenvalue weighted by atomic mass is 10.0. The molecule has 0 spiro atoms. The summed E-state index contributed by atoms with van der Waals surface area (Å²) in [6, 6.07) is 4.97. The van der Waals surface area contributed by atoms with Crippen molar-refractivity contribution in [2.75, 3.05) is 13.2 Å². The Labute approximate surface area is 120 Å². The van der Waals surface area contributed by atoms with Crippen molar-refractivity contribution < 1.29 is 10.0 Å². The summed E-state index contributed by atoms with van der Waals surface area (Å²) >= 11 is 3.33. The van der Waals surface area contributed by atoms with Gasteiger partial charge in [0.2, 0.25) is 0 Å². The molecule has 1 fully saturated rings. The van der Waals surface area contributed by atoms with E-state index in [0.29, 0.717) is 12.1 Å². The molecule has 0 radical (unpaired) electrons. The number of hydrogen-bond donors (Lipinski definition) is 2. The Bertz CT molecular complexity index is 475. The van der Waals surface area contributed by atoms with Gasteiger partial charge in [0.05, 0.1) is 4.92 Å². The van der Waals surface area contributed by atoms with Crippen molar-refractivity contribution in [1.82, 2.24) is 5.32 Å². The summed E-state index contributed by atoms with van der Waals surface area (Å²) in [6.45, 7) is 1.48. The summed E-state index contributed by atoms with van der Waals surface area (Å²) < 4.78 is 0.839. The van der Waals surface area contributed by atoms with Crippen molar-refractivity contribution in [3.8, 4) is 0 Å². The van der Waals surface area contributed by atoms with Crippen molar-refractivity contribution >= 4 is 21.6 Å². The molecule has 0 amide bonds. The first kappa shape index (κ1) is 14.4. The van der Waals surface area contributed by atoms with Crippen LogP contribution in [-0.2, 0) is 6.54 Å². The van der Waals surface area contributed by atoms with Crippen LogP contribution in [0.2, 0.25) is 0 Å². The largest absolute Gasteiger partial charge is 0.396 e. The van der Waals surface area contributed by atoms with Crippen LogP contribution in [-0.4, -0.2) is 23.2 Å². The Kier molecular flexibility index (Phi) is 4.54. The fraction of sp³-hybridized carbons (Fsp3) is 0.538. The first-order valence-corrected chi connectivity index (χ1v) is 7.10.